The Morgan fingerprint density at radius 2 is 2.17 bits per heavy atom. The molecule has 2 rings (SSSR count). The van der Waals surface area contributed by atoms with Crippen molar-refractivity contribution in [1.29, 1.82) is 0 Å². The van der Waals surface area contributed by atoms with Crippen molar-refractivity contribution >= 4 is 5.91 Å². The number of amides is 1. The molecule has 0 saturated heterocycles. The number of nitrogens with one attached hydrogen (secondary N) is 1. The van der Waals surface area contributed by atoms with Crippen molar-refractivity contribution in [2.24, 2.45) is 5.92 Å². The molecule has 1 aromatic heterocycles. The maximum Gasteiger partial charge on any atom is 0.223 e. The molecule has 1 unspecified atom stereocenters. The number of hydrogen-bond acceptors (Lipinski definition) is 4. The lowest BCUT2D eigenvalue weighted by Crippen LogP contribution is -2.30. The van der Waals surface area contributed by atoms with Crippen molar-refractivity contribution in [3.63, 3.8) is 0 Å². The molecular weight excluding hydrogens is 299 g/mol. The van der Waals surface area contributed by atoms with E-state index in [2.05, 4.69) is 10.5 Å². The van der Waals surface area contributed by atoms with Gasteiger partial charge in [0.1, 0.15) is 11.6 Å². The maximum atomic E-state index is 13.3. The van der Waals surface area contributed by atoms with Crippen LogP contribution >= 0.6 is 0 Å². The van der Waals surface area contributed by atoms with Crippen molar-refractivity contribution in [3.8, 4) is 0 Å². The number of carbonyl (C=O) groups excluding carboxylic acids is 1. The number of carbonyl (C=O) groups is 1. The molecule has 0 aliphatic carbocycles. The highest BCUT2D eigenvalue weighted by Crippen LogP contribution is 2.17. The average molecular weight is 320 g/mol. The van der Waals surface area contributed by atoms with Crippen molar-refractivity contribution in [2.45, 2.75) is 40.3 Å². The Labute approximate surface area is 134 Å². The smallest absolute Gasteiger partial charge is 0.223 e. The lowest BCUT2D eigenvalue weighted by molar-refractivity contribution is -0.124. The summed E-state index contributed by atoms with van der Waals surface area (Å²) < 4.78 is 18.4. The van der Waals surface area contributed by atoms with Crippen LogP contribution in [0.5, 0.6) is 0 Å². The minimum Gasteiger partial charge on any atom is -0.392 e. The molecule has 0 radical (unpaired) electrons. The second-order valence-corrected chi connectivity index (χ2v) is 5.71. The number of aryl methyl sites for hydroxylation is 2. The summed E-state index contributed by atoms with van der Waals surface area (Å²) in [5, 5.41) is 15.8. The highest BCUT2D eigenvalue weighted by Gasteiger charge is 2.18. The summed E-state index contributed by atoms with van der Waals surface area (Å²) in [5.74, 6) is -0.0490. The van der Waals surface area contributed by atoms with Crippen LogP contribution in [-0.4, -0.2) is 16.2 Å². The Hall–Kier alpha value is -2.21. The SMILES string of the molecule is Cc1noc(C)c1CC(C)C(=O)NCc1ccc(F)c(CO)c1. The number of aliphatic hydroxyl groups excluding tert-OH is 1. The number of aromatic nitrogens is 1. The molecule has 2 aromatic rings. The summed E-state index contributed by atoms with van der Waals surface area (Å²) in [5.41, 5.74) is 2.72. The minimum atomic E-state index is -0.450. The highest BCUT2D eigenvalue weighted by atomic mass is 19.1. The van der Waals surface area contributed by atoms with Crippen LogP contribution in [0.25, 0.3) is 0 Å². The van der Waals surface area contributed by atoms with Crippen LogP contribution in [0.3, 0.4) is 0 Å². The van der Waals surface area contributed by atoms with Gasteiger partial charge in [0.05, 0.1) is 12.3 Å². The molecule has 124 valence electrons. The summed E-state index contributed by atoms with van der Waals surface area (Å²) >= 11 is 0. The number of aliphatic hydroxyl groups is 1. The zero-order valence-electron chi connectivity index (χ0n) is 13.5. The summed E-state index contributed by atoms with van der Waals surface area (Å²) in [7, 11) is 0. The van der Waals surface area contributed by atoms with Gasteiger partial charge in [0.25, 0.3) is 0 Å². The van der Waals surface area contributed by atoms with Crippen molar-refractivity contribution in [2.75, 3.05) is 0 Å². The van der Waals surface area contributed by atoms with E-state index >= 15 is 0 Å². The van der Waals surface area contributed by atoms with E-state index in [1.165, 1.54) is 6.07 Å². The molecule has 0 bridgehead atoms. The van der Waals surface area contributed by atoms with E-state index in [-0.39, 0.29) is 30.5 Å². The molecular formula is C17H21FN2O3. The fourth-order valence-corrected chi connectivity index (χ4v) is 2.41. The van der Waals surface area contributed by atoms with Gasteiger partial charge in [-0.25, -0.2) is 4.39 Å². The first-order valence-corrected chi connectivity index (χ1v) is 7.50. The molecule has 5 nitrogen and oxygen atoms in total. The largest absolute Gasteiger partial charge is 0.392 e. The topological polar surface area (TPSA) is 75.4 Å². The van der Waals surface area contributed by atoms with Crippen LogP contribution in [0.4, 0.5) is 4.39 Å². The van der Waals surface area contributed by atoms with Gasteiger partial charge in [0.2, 0.25) is 5.91 Å². The van der Waals surface area contributed by atoms with E-state index in [1.807, 2.05) is 20.8 Å². The Kier molecular flexibility index (Phi) is 5.50. The molecule has 1 aromatic carbocycles. The van der Waals surface area contributed by atoms with Gasteiger partial charge in [-0.2, -0.15) is 0 Å². The Morgan fingerprint density at radius 1 is 1.43 bits per heavy atom. The summed E-state index contributed by atoms with van der Waals surface area (Å²) in [6.45, 7) is 5.44. The zero-order chi connectivity index (χ0) is 17.0. The number of benzene rings is 1. The molecule has 0 fully saturated rings. The summed E-state index contributed by atoms with van der Waals surface area (Å²) in [6, 6.07) is 4.43. The summed E-state index contributed by atoms with van der Waals surface area (Å²) in [6.07, 6.45) is 0.554. The first-order chi connectivity index (χ1) is 10.9. The minimum absolute atomic E-state index is 0.0973. The molecule has 1 heterocycles. The molecule has 0 aliphatic heterocycles. The predicted molar refractivity (Wildman–Crippen MR) is 83.0 cm³/mol. The van der Waals surface area contributed by atoms with E-state index in [9.17, 15) is 9.18 Å². The Bertz CT molecular complexity index is 678. The number of rotatable bonds is 6. The number of nitrogens with zero attached hydrogens (tertiary/aromatic N) is 1. The lowest BCUT2D eigenvalue weighted by atomic mass is 9.99. The standard InChI is InChI=1S/C17H21FN2O3/c1-10(6-15-11(2)20-23-12(15)3)17(22)19-8-13-4-5-16(18)14(7-13)9-21/h4-5,7,10,21H,6,8-9H2,1-3H3,(H,19,22). The fourth-order valence-electron chi connectivity index (χ4n) is 2.41. The third-order valence-corrected chi connectivity index (χ3v) is 3.89. The molecule has 0 saturated carbocycles. The third kappa shape index (κ3) is 4.16. The van der Waals surface area contributed by atoms with Crippen LogP contribution in [0.1, 0.15) is 35.1 Å². The Morgan fingerprint density at radius 3 is 2.78 bits per heavy atom. The predicted octanol–water partition coefficient (Wildman–Crippen LogP) is 2.42. The van der Waals surface area contributed by atoms with Gasteiger partial charge >= 0.3 is 0 Å². The number of hydrogen-bond donors (Lipinski definition) is 2. The van der Waals surface area contributed by atoms with Crippen molar-refractivity contribution in [3.05, 3.63) is 52.2 Å². The average Bonchev–Trinajstić information content (AvgIpc) is 2.85. The van der Waals surface area contributed by atoms with Gasteiger partial charge in [0, 0.05) is 23.6 Å². The van der Waals surface area contributed by atoms with Gasteiger partial charge in [0.15, 0.2) is 0 Å². The van der Waals surface area contributed by atoms with Crippen LogP contribution in [0.2, 0.25) is 0 Å². The van der Waals surface area contributed by atoms with E-state index in [0.717, 1.165) is 22.6 Å². The highest BCUT2D eigenvalue weighted by molar-refractivity contribution is 5.78. The zero-order valence-corrected chi connectivity index (χ0v) is 13.5. The van der Waals surface area contributed by atoms with E-state index in [4.69, 9.17) is 9.63 Å². The molecule has 23 heavy (non-hydrogen) atoms. The van der Waals surface area contributed by atoms with Crippen LogP contribution < -0.4 is 5.32 Å². The first-order valence-electron chi connectivity index (χ1n) is 7.50. The van der Waals surface area contributed by atoms with E-state index in [1.54, 1.807) is 12.1 Å². The monoisotopic (exact) mass is 320 g/mol. The molecule has 2 N–H and O–H groups in total. The van der Waals surface area contributed by atoms with Gasteiger partial charge in [-0.1, -0.05) is 18.1 Å². The van der Waals surface area contributed by atoms with Crippen molar-refractivity contribution < 1.29 is 18.8 Å². The first kappa shape index (κ1) is 17.1. The van der Waals surface area contributed by atoms with Gasteiger partial charge in [-0.3, -0.25) is 4.79 Å². The number of halogens is 1. The second kappa shape index (κ2) is 7.37. The molecule has 1 atom stereocenters. The van der Waals surface area contributed by atoms with Crippen LogP contribution in [-0.2, 0) is 24.4 Å². The van der Waals surface area contributed by atoms with Crippen LogP contribution in [0, 0.1) is 25.6 Å². The van der Waals surface area contributed by atoms with Crippen LogP contribution in [0.15, 0.2) is 22.7 Å². The second-order valence-electron chi connectivity index (χ2n) is 5.71. The molecule has 1 amide bonds. The third-order valence-electron chi connectivity index (χ3n) is 3.89. The van der Waals surface area contributed by atoms with Gasteiger partial charge in [-0.05, 0) is 38.0 Å². The van der Waals surface area contributed by atoms with Gasteiger partial charge in [-0.15, -0.1) is 0 Å². The Balaban J connectivity index is 1.94. The maximum absolute atomic E-state index is 13.3. The molecule has 0 spiro atoms. The lowest BCUT2D eigenvalue weighted by Gasteiger charge is -2.12. The van der Waals surface area contributed by atoms with E-state index in [0.29, 0.717) is 6.42 Å². The fraction of sp³-hybridized carbons (Fsp3) is 0.412. The molecule has 0 aliphatic rings. The molecule has 6 heteroatoms. The normalized spacial score (nSPS) is 12.2. The van der Waals surface area contributed by atoms with Gasteiger partial charge < -0.3 is 14.9 Å². The summed E-state index contributed by atoms with van der Waals surface area (Å²) in [4.78, 5) is 12.2. The van der Waals surface area contributed by atoms with Crippen molar-refractivity contribution in [1.82, 2.24) is 10.5 Å². The quantitative estimate of drug-likeness (QED) is 0.857. The van der Waals surface area contributed by atoms with E-state index < -0.39 is 5.82 Å².